The fourth-order valence-corrected chi connectivity index (χ4v) is 0.670. The van der Waals surface area contributed by atoms with Gasteiger partial charge in [-0.15, -0.1) is 0 Å². The van der Waals surface area contributed by atoms with E-state index < -0.39 is 11.6 Å². The van der Waals surface area contributed by atoms with Crippen LogP contribution in [0, 0.1) is 0 Å². The zero-order valence-electron chi connectivity index (χ0n) is 6.94. The van der Waals surface area contributed by atoms with Crippen molar-refractivity contribution >= 4 is 17.7 Å². The maximum atomic E-state index is 11.0. The highest BCUT2D eigenvalue weighted by Gasteiger charge is 2.08. The van der Waals surface area contributed by atoms with Crippen LogP contribution in [0.25, 0.3) is 0 Å². The van der Waals surface area contributed by atoms with Gasteiger partial charge in [0.25, 0.3) is 5.56 Å². The third-order valence-electron chi connectivity index (χ3n) is 1.46. The smallest absolute Gasteiger partial charge is 0.321 e. The minimum atomic E-state index is -0.715. The van der Waals surface area contributed by atoms with Crippen molar-refractivity contribution in [1.29, 1.82) is 0 Å². The molecular formula is C6H9N5O2. The second kappa shape index (κ2) is 3.13. The summed E-state index contributed by atoms with van der Waals surface area (Å²) in [5, 5.41) is 0. The molecule has 0 aromatic carbocycles. The van der Waals surface area contributed by atoms with E-state index in [-0.39, 0.29) is 11.6 Å². The molecular weight excluding hydrogens is 174 g/mol. The van der Waals surface area contributed by atoms with Gasteiger partial charge in [0.15, 0.2) is 0 Å². The third-order valence-corrected chi connectivity index (χ3v) is 1.46. The van der Waals surface area contributed by atoms with Gasteiger partial charge in [-0.2, -0.15) is 0 Å². The Balaban J connectivity index is 3.11. The average molecular weight is 183 g/mol. The molecule has 0 radical (unpaired) electrons. The Labute approximate surface area is 73.4 Å². The zero-order valence-corrected chi connectivity index (χ0v) is 6.94. The number of aromatic amines is 1. The molecule has 0 bridgehead atoms. The number of hydrogen-bond donors (Lipinski definition) is 3. The van der Waals surface area contributed by atoms with E-state index in [1.54, 1.807) is 0 Å². The van der Waals surface area contributed by atoms with E-state index in [0.717, 1.165) is 11.1 Å². The van der Waals surface area contributed by atoms with Crippen molar-refractivity contribution in [2.24, 2.45) is 5.73 Å². The van der Waals surface area contributed by atoms with Gasteiger partial charge in [0.2, 0.25) is 5.95 Å². The first-order valence-electron chi connectivity index (χ1n) is 3.40. The number of anilines is 2. The monoisotopic (exact) mass is 183 g/mol. The molecule has 70 valence electrons. The molecule has 1 aromatic rings. The van der Waals surface area contributed by atoms with E-state index in [4.69, 9.17) is 11.5 Å². The summed E-state index contributed by atoms with van der Waals surface area (Å²) >= 11 is 0. The van der Waals surface area contributed by atoms with E-state index in [1.807, 2.05) is 0 Å². The molecule has 1 rings (SSSR count). The minimum Gasteiger partial charge on any atom is -0.393 e. The number of nitrogens with one attached hydrogen (secondary N) is 1. The van der Waals surface area contributed by atoms with Gasteiger partial charge in [-0.05, 0) is 0 Å². The first-order valence-corrected chi connectivity index (χ1v) is 3.40. The highest BCUT2D eigenvalue weighted by molar-refractivity contribution is 5.87. The van der Waals surface area contributed by atoms with E-state index in [0.29, 0.717) is 0 Å². The topological polar surface area (TPSA) is 118 Å². The molecule has 2 amide bonds. The van der Waals surface area contributed by atoms with Crippen LogP contribution in [0.2, 0.25) is 0 Å². The Morgan fingerprint density at radius 3 is 2.77 bits per heavy atom. The number of aromatic nitrogens is 2. The van der Waals surface area contributed by atoms with Crippen molar-refractivity contribution in [1.82, 2.24) is 9.97 Å². The molecule has 0 unspecified atom stereocenters. The number of carbonyl (C=O) groups is 1. The highest BCUT2D eigenvalue weighted by atomic mass is 16.2. The summed E-state index contributed by atoms with van der Waals surface area (Å²) in [4.78, 5) is 28.6. The van der Waals surface area contributed by atoms with Crippen LogP contribution in [-0.2, 0) is 0 Å². The number of nitrogens with two attached hydrogens (primary N) is 2. The molecule has 0 atom stereocenters. The number of carbonyl (C=O) groups excluding carboxylic acids is 1. The van der Waals surface area contributed by atoms with Gasteiger partial charge in [0, 0.05) is 7.05 Å². The molecule has 7 heteroatoms. The molecule has 13 heavy (non-hydrogen) atoms. The second-order valence-corrected chi connectivity index (χ2v) is 2.39. The molecule has 0 saturated carbocycles. The number of nitrogens with zero attached hydrogens (tertiary/aromatic N) is 2. The van der Waals surface area contributed by atoms with E-state index in [9.17, 15) is 9.59 Å². The summed E-state index contributed by atoms with van der Waals surface area (Å²) in [6.07, 6.45) is 1.16. The Morgan fingerprint density at radius 2 is 2.31 bits per heavy atom. The molecule has 0 saturated heterocycles. The highest BCUT2D eigenvalue weighted by Crippen LogP contribution is 2.00. The number of rotatable bonds is 1. The number of hydrogen-bond acceptors (Lipinski definition) is 4. The zero-order chi connectivity index (χ0) is 10.0. The predicted molar refractivity (Wildman–Crippen MR) is 47.3 cm³/mol. The molecule has 0 aliphatic heterocycles. The van der Waals surface area contributed by atoms with Gasteiger partial charge in [-0.3, -0.25) is 14.7 Å². The lowest BCUT2D eigenvalue weighted by atomic mass is 10.5. The van der Waals surface area contributed by atoms with Crippen LogP contribution in [0.5, 0.6) is 0 Å². The van der Waals surface area contributed by atoms with Crippen LogP contribution in [-0.4, -0.2) is 23.0 Å². The lowest BCUT2D eigenvalue weighted by Gasteiger charge is -2.11. The van der Waals surface area contributed by atoms with Crippen LogP contribution in [0.4, 0.5) is 16.4 Å². The number of H-pyrrole nitrogens is 1. The molecule has 0 aliphatic rings. The molecule has 0 aliphatic carbocycles. The maximum absolute atomic E-state index is 11.0. The summed E-state index contributed by atoms with van der Waals surface area (Å²) in [6.45, 7) is 0. The van der Waals surface area contributed by atoms with E-state index in [2.05, 4.69) is 9.97 Å². The van der Waals surface area contributed by atoms with Crippen molar-refractivity contribution in [2.45, 2.75) is 0 Å². The number of urea groups is 1. The SMILES string of the molecule is CN(C(N)=O)c1ncc(N)c(=O)[nH]1. The van der Waals surface area contributed by atoms with Crippen molar-refractivity contribution in [3.8, 4) is 0 Å². The average Bonchev–Trinajstić information content (AvgIpc) is 2.08. The van der Waals surface area contributed by atoms with Gasteiger partial charge in [-0.1, -0.05) is 0 Å². The van der Waals surface area contributed by atoms with Crippen molar-refractivity contribution in [3.63, 3.8) is 0 Å². The number of amides is 2. The van der Waals surface area contributed by atoms with Crippen LogP contribution in [0.1, 0.15) is 0 Å². The first kappa shape index (κ1) is 9.04. The standard InChI is InChI=1S/C6H9N5O2/c1-11(5(8)13)6-9-2-3(7)4(12)10-6/h2H,7H2,1H3,(H2,8,13)(H,9,10,12). The lowest BCUT2D eigenvalue weighted by Crippen LogP contribution is -2.34. The summed E-state index contributed by atoms with van der Waals surface area (Å²) < 4.78 is 0. The van der Waals surface area contributed by atoms with E-state index in [1.165, 1.54) is 7.05 Å². The molecule has 0 fully saturated rings. The number of primary amides is 1. The fourth-order valence-electron chi connectivity index (χ4n) is 0.670. The maximum Gasteiger partial charge on any atom is 0.321 e. The molecule has 5 N–H and O–H groups in total. The van der Waals surface area contributed by atoms with Gasteiger partial charge in [0.05, 0.1) is 6.20 Å². The third kappa shape index (κ3) is 1.75. The Bertz CT molecular complexity index is 385. The quantitative estimate of drug-likeness (QED) is 0.510. The first-order chi connectivity index (χ1) is 6.02. The summed E-state index contributed by atoms with van der Waals surface area (Å²) in [5.41, 5.74) is 9.66. The van der Waals surface area contributed by atoms with Crippen LogP contribution in [0.3, 0.4) is 0 Å². The van der Waals surface area contributed by atoms with Crippen LogP contribution in [0.15, 0.2) is 11.0 Å². The number of nitrogen functional groups attached to an aromatic ring is 1. The normalized spacial score (nSPS) is 9.62. The Hall–Kier alpha value is -2.05. The van der Waals surface area contributed by atoms with Crippen molar-refractivity contribution < 1.29 is 4.79 Å². The fraction of sp³-hybridized carbons (Fsp3) is 0.167. The Kier molecular flexibility index (Phi) is 2.18. The van der Waals surface area contributed by atoms with Crippen molar-refractivity contribution in [3.05, 3.63) is 16.6 Å². The van der Waals surface area contributed by atoms with Crippen LogP contribution >= 0.6 is 0 Å². The summed E-state index contributed by atoms with van der Waals surface area (Å²) in [6, 6.07) is -0.715. The van der Waals surface area contributed by atoms with Gasteiger partial charge in [-0.25, -0.2) is 9.78 Å². The molecule has 7 nitrogen and oxygen atoms in total. The van der Waals surface area contributed by atoms with E-state index >= 15 is 0 Å². The minimum absolute atomic E-state index is 0.0124. The van der Waals surface area contributed by atoms with Gasteiger partial charge < -0.3 is 11.5 Å². The molecule has 1 heterocycles. The molecule has 1 aromatic heterocycles. The summed E-state index contributed by atoms with van der Waals surface area (Å²) in [5.74, 6) is 0.0618. The lowest BCUT2D eigenvalue weighted by molar-refractivity contribution is 0.255. The Morgan fingerprint density at radius 1 is 1.69 bits per heavy atom. The van der Waals surface area contributed by atoms with Crippen LogP contribution < -0.4 is 21.9 Å². The molecule has 0 spiro atoms. The largest absolute Gasteiger partial charge is 0.393 e. The van der Waals surface area contributed by atoms with Gasteiger partial charge >= 0.3 is 6.03 Å². The predicted octanol–water partition coefficient (Wildman–Crippen LogP) is -1.13. The van der Waals surface area contributed by atoms with Crippen molar-refractivity contribution in [2.75, 3.05) is 17.7 Å². The van der Waals surface area contributed by atoms with Gasteiger partial charge in [0.1, 0.15) is 5.69 Å². The second-order valence-electron chi connectivity index (χ2n) is 2.39. The summed E-state index contributed by atoms with van der Waals surface area (Å²) in [7, 11) is 1.39.